The maximum atomic E-state index is 13.5. The van der Waals surface area contributed by atoms with Crippen LogP contribution < -0.4 is 10.5 Å². The molecule has 4 aromatic rings. The molecule has 154 valence electrons. The summed E-state index contributed by atoms with van der Waals surface area (Å²) in [4.78, 5) is 40.5. The third kappa shape index (κ3) is 4.06. The number of benzene rings is 3. The molecule has 0 bridgehead atoms. The molecule has 4 rings (SSSR count). The second-order valence-corrected chi connectivity index (χ2v) is 7.19. The van der Waals surface area contributed by atoms with Crippen molar-refractivity contribution in [1.29, 1.82) is 0 Å². The molecule has 3 aromatic carbocycles. The first-order chi connectivity index (χ1) is 14.9. The number of H-pyrrole nitrogens is 1. The van der Waals surface area contributed by atoms with Crippen molar-refractivity contribution in [1.82, 2.24) is 4.98 Å². The zero-order chi connectivity index (χ0) is 22.0. The Bertz CT molecular complexity index is 1340. The van der Waals surface area contributed by atoms with Crippen LogP contribution in [0.25, 0.3) is 10.9 Å². The number of nitrogens with one attached hydrogen (secondary N) is 1. The number of nitrogens with zero attached hydrogens (tertiary/aromatic N) is 2. The van der Waals surface area contributed by atoms with Gasteiger partial charge < -0.3 is 9.88 Å². The van der Waals surface area contributed by atoms with Gasteiger partial charge in [0.25, 0.3) is 11.6 Å². The Morgan fingerprint density at radius 3 is 2.39 bits per heavy atom. The number of carbonyl (C=O) groups excluding carboxylic acids is 1. The van der Waals surface area contributed by atoms with Crippen LogP contribution in [0.15, 0.2) is 83.7 Å². The molecule has 1 amide bonds. The summed E-state index contributed by atoms with van der Waals surface area (Å²) >= 11 is 0. The fraction of sp³-hybridized carbons (Fsp3) is 0.0833. The number of amides is 1. The van der Waals surface area contributed by atoms with E-state index in [-0.39, 0.29) is 23.7 Å². The maximum absolute atomic E-state index is 13.5. The molecule has 0 fully saturated rings. The quantitative estimate of drug-likeness (QED) is 0.382. The van der Waals surface area contributed by atoms with E-state index < -0.39 is 4.92 Å². The van der Waals surface area contributed by atoms with Gasteiger partial charge in [-0.3, -0.25) is 19.7 Å². The van der Waals surface area contributed by atoms with E-state index in [1.54, 1.807) is 4.90 Å². The number of hydrogen-bond acceptors (Lipinski definition) is 4. The second kappa shape index (κ2) is 8.23. The summed E-state index contributed by atoms with van der Waals surface area (Å²) in [5, 5.41) is 11.8. The van der Waals surface area contributed by atoms with Gasteiger partial charge in [0.2, 0.25) is 5.56 Å². The van der Waals surface area contributed by atoms with Gasteiger partial charge in [-0.2, -0.15) is 0 Å². The summed E-state index contributed by atoms with van der Waals surface area (Å²) in [6.07, 6.45) is 0. The van der Waals surface area contributed by atoms with Gasteiger partial charge in [0.05, 0.1) is 11.5 Å². The summed E-state index contributed by atoms with van der Waals surface area (Å²) in [5.74, 6) is -0.312. The zero-order valence-electron chi connectivity index (χ0n) is 16.7. The van der Waals surface area contributed by atoms with Gasteiger partial charge in [0.15, 0.2) is 0 Å². The summed E-state index contributed by atoms with van der Waals surface area (Å²) in [6, 6.07) is 21.9. The highest BCUT2D eigenvalue weighted by atomic mass is 16.6. The van der Waals surface area contributed by atoms with Crippen molar-refractivity contribution >= 4 is 28.2 Å². The number of pyridine rings is 1. The van der Waals surface area contributed by atoms with E-state index in [0.29, 0.717) is 22.3 Å². The molecule has 0 aliphatic carbocycles. The van der Waals surface area contributed by atoms with Crippen molar-refractivity contribution in [2.45, 2.75) is 13.5 Å². The number of carbonyl (C=O) groups is 1. The van der Waals surface area contributed by atoms with E-state index in [1.807, 2.05) is 55.5 Å². The first-order valence-electron chi connectivity index (χ1n) is 9.67. The predicted octanol–water partition coefficient (Wildman–Crippen LogP) is 4.59. The van der Waals surface area contributed by atoms with Crippen LogP contribution in [0.2, 0.25) is 0 Å². The molecular weight excluding hydrogens is 394 g/mol. The predicted molar refractivity (Wildman–Crippen MR) is 119 cm³/mol. The number of hydrogen-bond donors (Lipinski definition) is 1. The molecule has 7 heteroatoms. The number of anilines is 1. The normalized spacial score (nSPS) is 10.7. The van der Waals surface area contributed by atoms with Crippen LogP contribution in [0, 0.1) is 17.0 Å². The molecule has 1 aromatic heterocycles. The molecule has 1 heterocycles. The molecule has 0 atom stereocenters. The number of aryl methyl sites for hydroxylation is 1. The molecule has 0 aliphatic heterocycles. The zero-order valence-corrected chi connectivity index (χ0v) is 16.7. The molecular formula is C24H19N3O4. The molecule has 0 spiro atoms. The Hall–Kier alpha value is -4.26. The molecule has 0 unspecified atom stereocenters. The van der Waals surface area contributed by atoms with E-state index in [1.165, 1.54) is 30.3 Å². The minimum atomic E-state index is -0.504. The van der Waals surface area contributed by atoms with Crippen LogP contribution in [-0.4, -0.2) is 15.8 Å². The SMILES string of the molecule is Cc1ccccc1N(Cc1cc(=O)[nH]c2ccccc12)C(=O)c1ccc([N+](=O)[O-])cc1. The highest BCUT2D eigenvalue weighted by molar-refractivity contribution is 6.06. The number of nitro benzene ring substituents is 1. The van der Waals surface area contributed by atoms with E-state index in [0.717, 1.165) is 10.9 Å². The monoisotopic (exact) mass is 413 g/mol. The van der Waals surface area contributed by atoms with E-state index in [4.69, 9.17) is 0 Å². The highest BCUT2D eigenvalue weighted by Crippen LogP contribution is 2.26. The lowest BCUT2D eigenvalue weighted by Gasteiger charge is -2.25. The van der Waals surface area contributed by atoms with Crippen LogP contribution in [0.1, 0.15) is 21.5 Å². The number of aromatic amines is 1. The van der Waals surface area contributed by atoms with Gasteiger partial charge in [-0.1, -0.05) is 36.4 Å². The average molecular weight is 413 g/mol. The van der Waals surface area contributed by atoms with E-state index >= 15 is 0 Å². The van der Waals surface area contributed by atoms with Gasteiger partial charge in [-0.25, -0.2) is 0 Å². The van der Waals surface area contributed by atoms with Crippen molar-refractivity contribution in [3.63, 3.8) is 0 Å². The van der Waals surface area contributed by atoms with Crippen LogP contribution in [0.3, 0.4) is 0 Å². The molecule has 31 heavy (non-hydrogen) atoms. The largest absolute Gasteiger partial charge is 0.322 e. The number of para-hydroxylation sites is 2. The van der Waals surface area contributed by atoms with Crippen molar-refractivity contribution in [3.8, 4) is 0 Å². The lowest BCUT2D eigenvalue weighted by Crippen LogP contribution is -2.31. The summed E-state index contributed by atoms with van der Waals surface area (Å²) in [7, 11) is 0. The second-order valence-electron chi connectivity index (χ2n) is 7.19. The van der Waals surface area contributed by atoms with Crippen molar-refractivity contribution < 1.29 is 9.72 Å². The lowest BCUT2D eigenvalue weighted by atomic mass is 10.1. The fourth-order valence-corrected chi connectivity index (χ4v) is 3.59. The van der Waals surface area contributed by atoms with Crippen LogP contribution in [-0.2, 0) is 6.54 Å². The summed E-state index contributed by atoms with van der Waals surface area (Å²) in [5.41, 5.74) is 2.99. The van der Waals surface area contributed by atoms with Crippen molar-refractivity contribution in [3.05, 3.63) is 116 Å². The Balaban J connectivity index is 1.81. The lowest BCUT2D eigenvalue weighted by molar-refractivity contribution is -0.384. The third-order valence-corrected chi connectivity index (χ3v) is 5.14. The van der Waals surface area contributed by atoms with E-state index in [2.05, 4.69) is 4.98 Å². The number of fused-ring (bicyclic) bond motifs is 1. The molecule has 1 N–H and O–H groups in total. The van der Waals surface area contributed by atoms with Gasteiger partial charge in [-0.05, 0) is 42.3 Å². The minimum absolute atomic E-state index is 0.0837. The Kier molecular flexibility index (Phi) is 5.32. The average Bonchev–Trinajstić information content (AvgIpc) is 2.77. The van der Waals surface area contributed by atoms with Gasteiger partial charge >= 0.3 is 0 Å². The van der Waals surface area contributed by atoms with Gasteiger partial charge in [-0.15, -0.1) is 0 Å². The molecule has 0 saturated heterocycles. The van der Waals surface area contributed by atoms with Crippen molar-refractivity contribution in [2.24, 2.45) is 0 Å². The molecule has 7 nitrogen and oxygen atoms in total. The Morgan fingerprint density at radius 2 is 1.68 bits per heavy atom. The fourth-order valence-electron chi connectivity index (χ4n) is 3.59. The molecule has 0 saturated carbocycles. The molecule has 0 radical (unpaired) electrons. The van der Waals surface area contributed by atoms with Crippen LogP contribution >= 0.6 is 0 Å². The standard InChI is InChI=1S/C24H19N3O4/c1-16-6-2-5-9-22(16)26(24(29)17-10-12-19(13-11-17)27(30)31)15-18-14-23(28)25-21-8-4-3-7-20(18)21/h2-14H,15H2,1H3,(H,25,28). The summed E-state index contributed by atoms with van der Waals surface area (Å²) in [6.45, 7) is 2.08. The molecule has 0 aliphatic rings. The first-order valence-corrected chi connectivity index (χ1v) is 9.67. The minimum Gasteiger partial charge on any atom is -0.322 e. The topological polar surface area (TPSA) is 96.3 Å². The van der Waals surface area contributed by atoms with Crippen LogP contribution in [0.4, 0.5) is 11.4 Å². The smallest absolute Gasteiger partial charge is 0.269 e. The number of rotatable bonds is 5. The van der Waals surface area contributed by atoms with Gasteiger partial charge in [0, 0.05) is 40.4 Å². The van der Waals surface area contributed by atoms with Gasteiger partial charge in [0.1, 0.15) is 0 Å². The van der Waals surface area contributed by atoms with E-state index in [9.17, 15) is 19.7 Å². The Labute approximate surface area is 177 Å². The number of nitro groups is 1. The highest BCUT2D eigenvalue weighted by Gasteiger charge is 2.21. The Morgan fingerprint density at radius 1 is 1.00 bits per heavy atom. The summed E-state index contributed by atoms with van der Waals surface area (Å²) < 4.78 is 0. The maximum Gasteiger partial charge on any atom is 0.269 e. The number of aromatic nitrogens is 1. The van der Waals surface area contributed by atoms with Crippen molar-refractivity contribution in [2.75, 3.05) is 4.90 Å². The third-order valence-electron chi connectivity index (χ3n) is 5.14. The van der Waals surface area contributed by atoms with Crippen LogP contribution in [0.5, 0.6) is 0 Å². The number of non-ortho nitro benzene ring substituents is 1. The first kappa shape index (κ1) is 20.0.